The van der Waals surface area contributed by atoms with Gasteiger partial charge in [-0.1, -0.05) is 33.6 Å². The Hall–Kier alpha value is -0.610. The molecule has 4 saturated carbocycles. The maximum Gasteiger partial charge on any atom is 0.318 e. The third kappa shape index (κ3) is 4.33. The van der Waals surface area contributed by atoms with Gasteiger partial charge in [-0.05, 0) is 104 Å². The lowest BCUT2D eigenvalue weighted by molar-refractivity contribution is -0.265. The molecule has 4 nitrogen and oxygen atoms in total. The Labute approximate surface area is 190 Å². The SMILES string of the molecule is COC(OCCC(C)C1CC[C@H]2[C@@H]3CCC4CCCC[C@]4(C)[C@@H]3CC[C@]12C)OC(C)=O. The van der Waals surface area contributed by atoms with Crippen molar-refractivity contribution in [3.8, 4) is 0 Å². The molecule has 0 aromatic carbocycles. The fraction of sp³-hybridized carbons (Fsp3) is 0.963. The smallest absolute Gasteiger partial charge is 0.318 e. The zero-order chi connectivity index (χ0) is 22.2. The topological polar surface area (TPSA) is 44.8 Å². The van der Waals surface area contributed by atoms with Gasteiger partial charge in [0.15, 0.2) is 0 Å². The number of carbonyl (C=O) groups excluding carboxylic acids is 1. The summed E-state index contributed by atoms with van der Waals surface area (Å²) in [5.74, 6) is 4.92. The summed E-state index contributed by atoms with van der Waals surface area (Å²) in [6.45, 7) is 8.82. The van der Waals surface area contributed by atoms with Crippen LogP contribution in [0.15, 0.2) is 0 Å². The first-order valence-corrected chi connectivity index (χ1v) is 13.1. The van der Waals surface area contributed by atoms with Crippen molar-refractivity contribution in [3.63, 3.8) is 0 Å². The van der Waals surface area contributed by atoms with Crippen LogP contribution in [0.5, 0.6) is 0 Å². The highest BCUT2D eigenvalue weighted by Crippen LogP contribution is 2.68. The molecule has 0 N–H and O–H groups in total. The van der Waals surface area contributed by atoms with Gasteiger partial charge in [0.25, 0.3) is 0 Å². The van der Waals surface area contributed by atoms with Gasteiger partial charge >= 0.3 is 12.4 Å². The number of methoxy groups -OCH3 is 1. The maximum atomic E-state index is 11.2. The molecule has 4 fully saturated rings. The summed E-state index contributed by atoms with van der Waals surface area (Å²) in [7, 11) is 1.51. The van der Waals surface area contributed by atoms with E-state index in [2.05, 4.69) is 20.8 Å². The van der Waals surface area contributed by atoms with Crippen LogP contribution in [-0.2, 0) is 19.0 Å². The van der Waals surface area contributed by atoms with Crippen molar-refractivity contribution in [2.45, 2.75) is 105 Å². The minimum absolute atomic E-state index is 0.371. The lowest BCUT2D eigenvalue weighted by Crippen LogP contribution is -2.53. The summed E-state index contributed by atoms with van der Waals surface area (Å²) >= 11 is 0. The van der Waals surface area contributed by atoms with E-state index in [4.69, 9.17) is 14.2 Å². The minimum Gasteiger partial charge on any atom is -0.411 e. The molecular weight excluding hydrogens is 388 g/mol. The van der Waals surface area contributed by atoms with E-state index in [9.17, 15) is 4.79 Å². The molecule has 0 aromatic heterocycles. The molecule has 0 spiro atoms. The molecule has 0 amide bonds. The normalized spacial score (nSPS) is 44.0. The summed E-state index contributed by atoms with van der Waals surface area (Å²) < 4.78 is 15.9. The predicted molar refractivity (Wildman–Crippen MR) is 122 cm³/mol. The zero-order valence-electron chi connectivity index (χ0n) is 20.7. The van der Waals surface area contributed by atoms with Crippen LogP contribution in [0.1, 0.15) is 98.3 Å². The molecule has 4 aliphatic rings. The number of hydrogen-bond donors (Lipinski definition) is 0. The molecule has 0 aliphatic heterocycles. The van der Waals surface area contributed by atoms with Gasteiger partial charge in [0, 0.05) is 14.0 Å². The monoisotopic (exact) mass is 434 g/mol. The Morgan fingerprint density at radius 3 is 2.48 bits per heavy atom. The van der Waals surface area contributed by atoms with Crippen molar-refractivity contribution in [2.75, 3.05) is 13.7 Å². The van der Waals surface area contributed by atoms with Gasteiger partial charge in [0.1, 0.15) is 0 Å². The highest BCUT2D eigenvalue weighted by atomic mass is 16.8. The van der Waals surface area contributed by atoms with Gasteiger partial charge in [-0.15, -0.1) is 0 Å². The van der Waals surface area contributed by atoms with Crippen molar-refractivity contribution in [3.05, 3.63) is 0 Å². The summed E-state index contributed by atoms with van der Waals surface area (Å²) in [5.41, 5.74) is 1.13. The molecule has 0 heterocycles. The lowest BCUT2D eigenvalue weighted by atomic mass is 9.44. The molecule has 31 heavy (non-hydrogen) atoms. The number of hydrogen-bond acceptors (Lipinski definition) is 4. The summed E-state index contributed by atoms with van der Waals surface area (Å²) in [6.07, 6.45) is 15.6. The van der Waals surface area contributed by atoms with E-state index in [0.29, 0.717) is 23.4 Å². The fourth-order valence-electron chi connectivity index (χ4n) is 9.11. The van der Waals surface area contributed by atoms with Crippen LogP contribution in [0.4, 0.5) is 0 Å². The van der Waals surface area contributed by atoms with E-state index in [1.54, 1.807) is 0 Å². The van der Waals surface area contributed by atoms with E-state index in [1.165, 1.54) is 78.2 Å². The predicted octanol–water partition coefficient (Wildman–Crippen LogP) is 6.57. The van der Waals surface area contributed by atoms with E-state index in [-0.39, 0.29) is 5.97 Å². The van der Waals surface area contributed by atoms with Crippen LogP contribution in [0, 0.1) is 46.3 Å². The van der Waals surface area contributed by atoms with Gasteiger partial charge in [-0.25, -0.2) is 0 Å². The number of rotatable bonds is 7. The highest BCUT2D eigenvalue weighted by Gasteiger charge is 2.60. The Balaban J connectivity index is 1.37. The maximum absolute atomic E-state index is 11.2. The highest BCUT2D eigenvalue weighted by molar-refractivity contribution is 5.65. The van der Waals surface area contributed by atoms with Crippen molar-refractivity contribution >= 4 is 5.97 Å². The van der Waals surface area contributed by atoms with E-state index in [0.717, 1.165) is 36.0 Å². The molecular formula is C27H46O4. The second kappa shape index (κ2) is 9.33. The molecule has 4 unspecified atom stereocenters. The van der Waals surface area contributed by atoms with E-state index < -0.39 is 6.48 Å². The largest absolute Gasteiger partial charge is 0.411 e. The van der Waals surface area contributed by atoms with Crippen LogP contribution >= 0.6 is 0 Å². The average molecular weight is 435 g/mol. The molecule has 0 radical (unpaired) electrons. The first-order valence-electron chi connectivity index (χ1n) is 13.1. The first-order chi connectivity index (χ1) is 14.8. The van der Waals surface area contributed by atoms with Gasteiger partial charge < -0.3 is 14.2 Å². The molecule has 9 atom stereocenters. The summed E-state index contributed by atoms with van der Waals surface area (Å²) in [6, 6.07) is 0. The minimum atomic E-state index is -0.876. The number of carbonyl (C=O) groups is 1. The Morgan fingerprint density at radius 1 is 0.968 bits per heavy atom. The van der Waals surface area contributed by atoms with Gasteiger partial charge in [-0.2, -0.15) is 0 Å². The van der Waals surface area contributed by atoms with E-state index in [1.807, 2.05) is 0 Å². The number of ether oxygens (including phenoxy) is 3. The Morgan fingerprint density at radius 2 is 1.74 bits per heavy atom. The first kappa shape index (κ1) is 23.5. The average Bonchev–Trinajstić information content (AvgIpc) is 3.09. The second-order valence-electron chi connectivity index (χ2n) is 11.9. The Kier molecular flexibility index (Phi) is 7.09. The number of fused-ring (bicyclic) bond motifs is 5. The Bertz CT molecular complexity index is 635. The van der Waals surface area contributed by atoms with Crippen LogP contribution in [0.25, 0.3) is 0 Å². The standard InChI is InChI=1S/C27H46O4/c1-18(14-17-30-25(29-5)31-19(2)28)22-11-12-23-21-10-9-20-8-6-7-15-26(20,3)24(21)13-16-27(22,23)4/h18,20-25H,6-17H2,1-5H3/t18?,20?,21-,22?,23-,24+,25?,26-,27+/m0/s1. The lowest BCUT2D eigenvalue weighted by Gasteiger charge is -2.61. The third-order valence-electron chi connectivity index (χ3n) is 10.6. The van der Waals surface area contributed by atoms with Gasteiger partial charge in [-0.3, -0.25) is 4.79 Å². The van der Waals surface area contributed by atoms with Crippen molar-refractivity contribution in [1.82, 2.24) is 0 Å². The molecule has 4 aliphatic carbocycles. The van der Waals surface area contributed by atoms with Crippen LogP contribution < -0.4 is 0 Å². The molecule has 0 saturated heterocycles. The molecule has 0 bridgehead atoms. The van der Waals surface area contributed by atoms with Gasteiger partial charge in [0.2, 0.25) is 0 Å². The van der Waals surface area contributed by atoms with E-state index >= 15 is 0 Å². The van der Waals surface area contributed by atoms with Crippen LogP contribution in [-0.4, -0.2) is 26.2 Å². The summed E-state index contributed by atoms with van der Waals surface area (Å²) in [4.78, 5) is 11.2. The van der Waals surface area contributed by atoms with Crippen molar-refractivity contribution in [1.29, 1.82) is 0 Å². The second-order valence-corrected chi connectivity index (χ2v) is 11.9. The van der Waals surface area contributed by atoms with Crippen molar-refractivity contribution < 1.29 is 19.0 Å². The van der Waals surface area contributed by atoms with Crippen LogP contribution in [0.2, 0.25) is 0 Å². The third-order valence-corrected chi connectivity index (χ3v) is 10.6. The van der Waals surface area contributed by atoms with Gasteiger partial charge in [0.05, 0.1) is 6.61 Å². The molecule has 0 aromatic rings. The number of esters is 1. The zero-order valence-corrected chi connectivity index (χ0v) is 20.7. The van der Waals surface area contributed by atoms with Crippen molar-refractivity contribution in [2.24, 2.45) is 46.3 Å². The fourth-order valence-corrected chi connectivity index (χ4v) is 9.11. The molecule has 4 rings (SSSR count). The summed E-state index contributed by atoms with van der Waals surface area (Å²) in [5, 5.41) is 0. The van der Waals surface area contributed by atoms with Crippen LogP contribution in [0.3, 0.4) is 0 Å². The molecule has 4 heteroatoms. The molecule has 178 valence electrons. The quantitative estimate of drug-likeness (QED) is 0.336.